The number of para-hydroxylation sites is 1. The smallest absolute Gasteiger partial charge is 0.189 e. The van der Waals surface area contributed by atoms with Crippen LogP contribution < -0.4 is 0 Å². The fraction of sp³-hybridized carbons (Fsp3) is 0. The van der Waals surface area contributed by atoms with Crippen LogP contribution >= 0.6 is 0 Å². The maximum Gasteiger partial charge on any atom is 0.189 e. The molecule has 5 heteroatoms. The predicted molar refractivity (Wildman–Crippen MR) is 112 cm³/mol. The number of hydrogen-bond acceptors (Lipinski definition) is 4. The number of carbonyl (C=O) groups is 1. The van der Waals surface area contributed by atoms with Gasteiger partial charge < -0.3 is 10.2 Å². The van der Waals surface area contributed by atoms with E-state index >= 15 is 0 Å². The number of aromatic hydroxyl groups is 2. The van der Waals surface area contributed by atoms with Crippen LogP contribution in [0.3, 0.4) is 0 Å². The molecule has 0 aliphatic heterocycles. The van der Waals surface area contributed by atoms with E-state index in [1.54, 1.807) is 10.8 Å². The first-order valence-electron chi connectivity index (χ1n) is 9.07. The standard InChI is InChI=1S/C24H18N2O3/c27-20-12-13-21(23(29)15-20)22(28)14-11-18-16-26(19-9-5-2-6-10-19)25-24(18)17-7-3-1-4-8-17/h1-16,27,29H/b14-11+. The average Bonchev–Trinajstić information content (AvgIpc) is 3.18. The van der Waals surface area contributed by atoms with Crippen molar-refractivity contribution in [2.45, 2.75) is 0 Å². The van der Waals surface area contributed by atoms with Crippen LogP contribution in [0.5, 0.6) is 11.5 Å². The number of phenols is 2. The minimum Gasteiger partial charge on any atom is -0.508 e. The number of phenolic OH excluding ortho intramolecular Hbond substituents is 2. The van der Waals surface area contributed by atoms with E-state index in [0.29, 0.717) is 0 Å². The summed E-state index contributed by atoms with van der Waals surface area (Å²) in [7, 11) is 0. The number of allylic oxidation sites excluding steroid dienone is 1. The van der Waals surface area contributed by atoms with Crippen molar-refractivity contribution in [3.8, 4) is 28.4 Å². The Balaban J connectivity index is 1.73. The van der Waals surface area contributed by atoms with Gasteiger partial charge in [0, 0.05) is 23.4 Å². The molecule has 0 amide bonds. The van der Waals surface area contributed by atoms with E-state index in [0.717, 1.165) is 28.6 Å². The number of benzene rings is 3. The molecule has 1 heterocycles. The van der Waals surface area contributed by atoms with Gasteiger partial charge in [-0.05, 0) is 36.4 Å². The number of rotatable bonds is 5. The fourth-order valence-corrected chi connectivity index (χ4v) is 3.03. The zero-order valence-electron chi connectivity index (χ0n) is 15.4. The lowest BCUT2D eigenvalue weighted by Crippen LogP contribution is -1.94. The summed E-state index contributed by atoms with van der Waals surface area (Å²) in [5, 5.41) is 24.0. The Morgan fingerprint density at radius 2 is 1.59 bits per heavy atom. The van der Waals surface area contributed by atoms with E-state index in [4.69, 9.17) is 5.10 Å². The summed E-state index contributed by atoms with van der Waals surface area (Å²) in [6, 6.07) is 23.3. The number of aromatic nitrogens is 2. The van der Waals surface area contributed by atoms with Crippen LogP contribution in [0.15, 0.2) is 91.1 Å². The van der Waals surface area contributed by atoms with Crippen molar-refractivity contribution in [3.05, 3.63) is 102 Å². The minimum absolute atomic E-state index is 0.0986. The predicted octanol–water partition coefficient (Wildman–Crippen LogP) is 4.85. The monoisotopic (exact) mass is 382 g/mol. The molecule has 5 nitrogen and oxygen atoms in total. The number of carbonyl (C=O) groups excluding carboxylic acids is 1. The van der Waals surface area contributed by atoms with Crippen LogP contribution in [0.25, 0.3) is 23.0 Å². The Kier molecular flexibility index (Phi) is 4.95. The molecule has 0 spiro atoms. The van der Waals surface area contributed by atoms with E-state index in [-0.39, 0.29) is 22.8 Å². The molecule has 4 rings (SSSR count). The maximum atomic E-state index is 12.5. The number of nitrogens with zero attached hydrogens (tertiary/aromatic N) is 2. The fourth-order valence-electron chi connectivity index (χ4n) is 3.03. The van der Waals surface area contributed by atoms with E-state index < -0.39 is 0 Å². The van der Waals surface area contributed by atoms with E-state index in [9.17, 15) is 15.0 Å². The lowest BCUT2D eigenvalue weighted by molar-refractivity contribution is 0.104. The molecule has 0 atom stereocenters. The van der Waals surface area contributed by atoms with Crippen LogP contribution in [-0.4, -0.2) is 25.8 Å². The summed E-state index contributed by atoms with van der Waals surface area (Å²) < 4.78 is 1.77. The molecule has 0 aliphatic rings. The van der Waals surface area contributed by atoms with Crippen molar-refractivity contribution in [3.63, 3.8) is 0 Å². The second-order valence-corrected chi connectivity index (χ2v) is 6.48. The van der Waals surface area contributed by atoms with E-state index in [2.05, 4.69) is 0 Å². The molecule has 0 bridgehead atoms. The molecule has 0 saturated carbocycles. The van der Waals surface area contributed by atoms with Crippen LogP contribution in [-0.2, 0) is 0 Å². The summed E-state index contributed by atoms with van der Waals surface area (Å²) >= 11 is 0. The second-order valence-electron chi connectivity index (χ2n) is 6.48. The highest BCUT2D eigenvalue weighted by molar-refractivity contribution is 6.08. The van der Waals surface area contributed by atoms with Gasteiger partial charge in [-0.15, -0.1) is 0 Å². The molecule has 142 valence electrons. The van der Waals surface area contributed by atoms with Crippen LogP contribution in [0.1, 0.15) is 15.9 Å². The van der Waals surface area contributed by atoms with Gasteiger partial charge in [0.05, 0.1) is 16.9 Å². The molecule has 29 heavy (non-hydrogen) atoms. The molecule has 0 radical (unpaired) electrons. The van der Waals surface area contributed by atoms with Gasteiger partial charge in [0.1, 0.15) is 11.5 Å². The Bertz CT molecular complexity index is 1180. The van der Waals surface area contributed by atoms with Gasteiger partial charge in [0.25, 0.3) is 0 Å². The van der Waals surface area contributed by atoms with Crippen molar-refractivity contribution < 1.29 is 15.0 Å². The quantitative estimate of drug-likeness (QED) is 0.382. The summed E-state index contributed by atoms with van der Waals surface area (Å²) in [5.41, 5.74) is 3.48. The van der Waals surface area contributed by atoms with Crippen molar-refractivity contribution >= 4 is 11.9 Å². The van der Waals surface area contributed by atoms with Gasteiger partial charge in [-0.2, -0.15) is 5.10 Å². The summed E-state index contributed by atoms with van der Waals surface area (Å²) in [5.74, 6) is -0.726. The average molecular weight is 382 g/mol. The number of ketones is 1. The van der Waals surface area contributed by atoms with Crippen molar-refractivity contribution in [1.29, 1.82) is 0 Å². The Morgan fingerprint density at radius 3 is 2.28 bits per heavy atom. The Hall–Kier alpha value is -4.12. The van der Waals surface area contributed by atoms with Gasteiger partial charge >= 0.3 is 0 Å². The molecule has 0 fully saturated rings. The molecule has 4 aromatic rings. The van der Waals surface area contributed by atoms with Crippen LogP contribution in [0.2, 0.25) is 0 Å². The third-order valence-corrected chi connectivity index (χ3v) is 4.47. The molecular weight excluding hydrogens is 364 g/mol. The van der Waals surface area contributed by atoms with Crippen LogP contribution in [0.4, 0.5) is 0 Å². The zero-order valence-corrected chi connectivity index (χ0v) is 15.4. The maximum absolute atomic E-state index is 12.5. The Morgan fingerprint density at radius 1 is 0.897 bits per heavy atom. The summed E-state index contributed by atoms with van der Waals surface area (Å²) in [6.07, 6.45) is 4.94. The highest BCUT2D eigenvalue weighted by Crippen LogP contribution is 2.26. The van der Waals surface area contributed by atoms with E-state index in [1.165, 1.54) is 18.2 Å². The first-order valence-corrected chi connectivity index (χ1v) is 9.07. The van der Waals surface area contributed by atoms with Crippen molar-refractivity contribution in [2.24, 2.45) is 0 Å². The van der Waals surface area contributed by atoms with Gasteiger partial charge in [0.15, 0.2) is 5.78 Å². The molecule has 0 aliphatic carbocycles. The topological polar surface area (TPSA) is 75.4 Å². The zero-order chi connectivity index (χ0) is 20.2. The van der Waals surface area contributed by atoms with Gasteiger partial charge in [-0.3, -0.25) is 4.79 Å². The van der Waals surface area contributed by atoms with Crippen molar-refractivity contribution in [2.75, 3.05) is 0 Å². The second kappa shape index (κ2) is 7.86. The minimum atomic E-state index is -0.367. The molecule has 3 aromatic carbocycles. The van der Waals surface area contributed by atoms with Gasteiger partial charge in [0.2, 0.25) is 0 Å². The molecule has 0 unspecified atom stereocenters. The lowest BCUT2D eigenvalue weighted by Gasteiger charge is -2.01. The number of hydrogen-bond donors (Lipinski definition) is 2. The third-order valence-electron chi connectivity index (χ3n) is 4.47. The first kappa shape index (κ1) is 18.3. The van der Waals surface area contributed by atoms with Crippen LogP contribution in [0, 0.1) is 0 Å². The van der Waals surface area contributed by atoms with Crippen molar-refractivity contribution in [1.82, 2.24) is 9.78 Å². The first-order chi connectivity index (χ1) is 14.1. The van der Waals surface area contributed by atoms with E-state index in [1.807, 2.05) is 66.9 Å². The SMILES string of the molecule is O=C(/C=C/c1cn(-c2ccccc2)nc1-c1ccccc1)c1ccc(O)cc1O. The molecular formula is C24H18N2O3. The highest BCUT2D eigenvalue weighted by Gasteiger charge is 2.12. The largest absolute Gasteiger partial charge is 0.508 e. The summed E-state index contributed by atoms with van der Waals surface area (Å²) in [4.78, 5) is 12.5. The Labute approximate surface area is 167 Å². The molecule has 2 N–H and O–H groups in total. The molecule has 0 saturated heterocycles. The molecule has 1 aromatic heterocycles. The lowest BCUT2D eigenvalue weighted by atomic mass is 10.1. The summed E-state index contributed by atoms with van der Waals surface area (Å²) in [6.45, 7) is 0. The highest BCUT2D eigenvalue weighted by atomic mass is 16.3. The van der Waals surface area contributed by atoms with Gasteiger partial charge in [-0.1, -0.05) is 48.5 Å². The normalized spacial score (nSPS) is 11.0. The van der Waals surface area contributed by atoms with Gasteiger partial charge in [-0.25, -0.2) is 4.68 Å². The third kappa shape index (κ3) is 3.94.